The van der Waals surface area contributed by atoms with E-state index in [4.69, 9.17) is 10.3 Å². The molecule has 0 aliphatic heterocycles. The normalized spacial score (nSPS) is 11.2. The van der Waals surface area contributed by atoms with Crippen LogP contribution in [0.2, 0.25) is 0 Å². The van der Waals surface area contributed by atoms with Gasteiger partial charge in [0.2, 0.25) is 0 Å². The van der Waals surface area contributed by atoms with Crippen LogP contribution >= 0.6 is 23.1 Å². The minimum Gasteiger partial charge on any atom is -0.468 e. The fraction of sp³-hybridized carbons (Fsp3) is 0.286. The van der Waals surface area contributed by atoms with E-state index in [0.29, 0.717) is 5.82 Å². The molecule has 7 heteroatoms. The number of rotatable bonds is 5. The predicted octanol–water partition coefficient (Wildman–Crippen LogP) is 3.62. The number of aromatic nitrogens is 2. The van der Waals surface area contributed by atoms with Crippen LogP contribution in [0.4, 0.5) is 5.82 Å². The fourth-order valence-corrected chi connectivity index (χ4v) is 3.93. The summed E-state index contributed by atoms with van der Waals surface area (Å²) in [5, 5.41) is 1.03. The summed E-state index contributed by atoms with van der Waals surface area (Å²) in [4.78, 5) is 11.4. The second kappa shape index (κ2) is 6.05. The average Bonchev–Trinajstić information content (AvgIpc) is 3.08. The number of thioether (sulfide) groups is 1. The summed E-state index contributed by atoms with van der Waals surface area (Å²) in [5.41, 5.74) is 3.89. The first-order chi connectivity index (χ1) is 10.2. The minimum atomic E-state index is 0.704. The molecule has 0 spiro atoms. The van der Waals surface area contributed by atoms with Crippen LogP contribution in [0.3, 0.4) is 0 Å². The molecule has 0 saturated heterocycles. The molecule has 3 heterocycles. The lowest BCUT2D eigenvalue weighted by atomic mass is 10.2. The SMILES string of the molecule is Cc1sc2nc(CSCc3ccco3)nc(NN)c2c1C. The smallest absolute Gasteiger partial charge is 0.152 e. The number of nitrogens with two attached hydrogens (primary N) is 1. The van der Waals surface area contributed by atoms with Gasteiger partial charge >= 0.3 is 0 Å². The lowest BCUT2D eigenvalue weighted by Gasteiger charge is -2.05. The Morgan fingerprint density at radius 3 is 2.90 bits per heavy atom. The molecule has 0 amide bonds. The first-order valence-electron chi connectivity index (χ1n) is 6.52. The van der Waals surface area contributed by atoms with E-state index in [9.17, 15) is 0 Å². The Balaban J connectivity index is 1.82. The summed E-state index contributed by atoms with van der Waals surface area (Å²) < 4.78 is 5.31. The molecule has 0 aliphatic rings. The molecule has 0 aliphatic carbocycles. The molecule has 3 aromatic heterocycles. The second-order valence-corrected chi connectivity index (χ2v) is 6.86. The molecule has 21 heavy (non-hydrogen) atoms. The molecule has 0 aromatic carbocycles. The Hall–Kier alpha value is -1.57. The molecule has 0 atom stereocenters. The quantitative estimate of drug-likeness (QED) is 0.552. The van der Waals surface area contributed by atoms with Crippen LogP contribution in [0.25, 0.3) is 10.2 Å². The third-order valence-electron chi connectivity index (χ3n) is 3.27. The van der Waals surface area contributed by atoms with Crippen molar-refractivity contribution in [1.29, 1.82) is 0 Å². The van der Waals surface area contributed by atoms with Gasteiger partial charge in [-0.15, -0.1) is 23.1 Å². The second-order valence-electron chi connectivity index (χ2n) is 4.67. The van der Waals surface area contributed by atoms with Crippen molar-refractivity contribution in [3.8, 4) is 0 Å². The van der Waals surface area contributed by atoms with E-state index >= 15 is 0 Å². The number of hydrazine groups is 1. The fourth-order valence-electron chi connectivity index (χ4n) is 2.10. The highest BCUT2D eigenvalue weighted by Gasteiger charge is 2.14. The molecular weight excluding hydrogens is 304 g/mol. The minimum absolute atomic E-state index is 0.704. The number of nitrogen functional groups attached to an aromatic ring is 1. The third-order valence-corrected chi connectivity index (χ3v) is 5.32. The van der Waals surface area contributed by atoms with Crippen LogP contribution in [0.15, 0.2) is 22.8 Å². The molecule has 3 rings (SSSR count). The Morgan fingerprint density at radius 2 is 2.19 bits per heavy atom. The van der Waals surface area contributed by atoms with Crippen molar-refractivity contribution < 1.29 is 4.42 Å². The van der Waals surface area contributed by atoms with Crippen molar-refractivity contribution in [1.82, 2.24) is 9.97 Å². The summed E-state index contributed by atoms with van der Waals surface area (Å²) in [6.45, 7) is 4.16. The number of anilines is 1. The Labute approximate surface area is 130 Å². The zero-order valence-corrected chi connectivity index (χ0v) is 13.5. The van der Waals surface area contributed by atoms with E-state index < -0.39 is 0 Å². The molecule has 3 N–H and O–H groups in total. The van der Waals surface area contributed by atoms with E-state index in [1.807, 2.05) is 12.1 Å². The third kappa shape index (κ3) is 2.90. The first-order valence-corrected chi connectivity index (χ1v) is 8.49. The summed E-state index contributed by atoms with van der Waals surface area (Å²) in [5.74, 6) is 9.59. The van der Waals surface area contributed by atoms with Gasteiger partial charge in [0.25, 0.3) is 0 Å². The van der Waals surface area contributed by atoms with Gasteiger partial charge in [-0.2, -0.15) is 0 Å². The Bertz CT molecular complexity index is 752. The van der Waals surface area contributed by atoms with Crippen LogP contribution in [0.1, 0.15) is 22.0 Å². The Morgan fingerprint density at radius 1 is 1.33 bits per heavy atom. The van der Waals surface area contributed by atoms with Gasteiger partial charge < -0.3 is 9.84 Å². The standard InChI is InChI=1S/C14H16N4OS2/c1-8-9(2)21-14-12(8)13(18-15)16-11(17-14)7-20-6-10-4-3-5-19-10/h3-5H,6-7,15H2,1-2H3,(H,16,17,18). The number of thiophene rings is 1. The van der Waals surface area contributed by atoms with Crippen molar-refractivity contribution in [2.75, 3.05) is 5.43 Å². The number of furan rings is 1. The van der Waals surface area contributed by atoms with Gasteiger partial charge in [-0.25, -0.2) is 15.8 Å². The number of hydrogen-bond donors (Lipinski definition) is 2. The topological polar surface area (TPSA) is 77.0 Å². The maximum absolute atomic E-state index is 5.61. The largest absolute Gasteiger partial charge is 0.468 e. The summed E-state index contributed by atoms with van der Waals surface area (Å²) in [7, 11) is 0. The first kappa shape index (κ1) is 14.4. The number of aryl methyl sites for hydroxylation is 2. The van der Waals surface area contributed by atoms with Crippen LogP contribution in [0.5, 0.6) is 0 Å². The van der Waals surface area contributed by atoms with Crippen LogP contribution < -0.4 is 11.3 Å². The lowest BCUT2D eigenvalue weighted by molar-refractivity contribution is 0.530. The molecule has 0 unspecified atom stereocenters. The van der Waals surface area contributed by atoms with E-state index in [-0.39, 0.29) is 0 Å². The molecule has 0 saturated carbocycles. The van der Waals surface area contributed by atoms with Crippen LogP contribution in [0, 0.1) is 13.8 Å². The molecular formula is C14H16N4OS2. The highest BCUT2D eigenvalue weighted by molar-refractivity contribution is 7.97. The van der Waals surface area contributed by atoms with Gasteiger partial charge in [0.1, 0.15) is 16.4 Å². The molecule has 3 aromatic rings. The number of fused-ring (bicyclic) bond motifs is 1. The van der Waals surface area contributed by atoms with E-state index in [0.717, 1.165) is 33.3 Å². The van der Waals surface area contributed by atoms with E-state index in [1.165, 1.54) is 10.4 Å². The van der Waals surface area contributed by atoms with Gasteiger partial charge in [0.05, 0.1) is 23.2 Å². The predicted molar refractivity (Wildman–Crippen MR) is 88.4 cm³/mol. The maximum atomic E-state index is 5.61. The van der Waals surface area contributed by atoms with Crippen LogP contribution in [-0.4, -0.2) is 9.97 Å². The summed E-state index contributed by atoms with van der Waals surface area (Å²) in [6.07, 6.45) is 1.69. The monoisotopic (exact) mass is 320 g/mol. The van der Waals surface area contributed by atoms with Crippen LogP contribution in [-0.2, 0) is 11.5 Å². The average molecular weight is 320 g/mol. The molecule has 110 valence electrons. The summed E-state index contributed by atoms with van der Waals surface area (Å²) in [6, 6.07) is 3.86. The zero-order valence-electron chi connectivity index (χ0n) is 11.8. The highest BCUT2D eigenvalue weighted by Crippen LogP contribution is 2.33. The molecule has 5 nitrogen and oxygen atoms in total. The van der Waals surface area contributed by atoms with Crippen molar-refractivity contribution in [2.24, 2.45) is 5.84 Å². The maximum Gasteiger partial charge on any atom is 0.152 e. The number of nitrogens with zero attached hydrogens (tertiary/aromatic N) is 2. The van der Waals surface area contributed by atoms with Gasteiger partial charge in [-0.05, 0) is 31.5 Å². The molecule has 0 bridgehead atoms. The van der Waals surface area contributed by atoms with Gasteiger partial charge in [0, 0.05) is 4.88 Å². The van der Waals surface area contributed by atoms with E-state index in [1.54, 1.807) is 29.4 Å². The number of nitrogens with one attached hydrogen (secondary N) is 1. The zero-order chi connectivity index (χ0) is 14.8. The summed E-state index contributed by atoms with van der Waals surface area (Å²) >= 11 is 3.40. The van der Waals surface area contributed by atoms with Gasteiger partial charge in [0.15, 0.2) is 5.82 Å². The van der Waals surface area contributed by atoms with Gasteiger partial charge in [-0.1, -0.05) is 0 Å². The molecule has 0 fully saturated rings. The number of hydrogen-bond acceptors (Lipinski definition) is 7. The van der Waals surface area contributed by atoms with Crippen molar-refractivity contribution in [2.45, 2.75) is 25.4 Å². The van der Waals surface area contributed by atoms with Crippen molar-refractivity contribution in [3.05, 3.63) is 40.4 Å². The molecule has 0 radical (unpaired) electrons. The lowest BCUT2D eigenvalue weighted by Crippen LogP contribution is -2.10. The van der Waals surface area contributed by atoms with Gasteiger partial charge in [-0.3, -0.25) is 0 Å². The van der Waals surface area contributed by atoms with E-state index in [2.05, 4.69) is 29.2 Å². The highest BCUT2D eigenvalue weighted by atomic mass is 32.2. The Kier molecular flexibility index (Phi) is 4.14. The van der Waals surface area contributed by atoms with Crippen molar-refractivity contribution in [3.63, 3.8) is 0 Å². The van der Waals surface area contributed by atoms with Crippen molar-refractivity contribution >= 4 is 39.1 Å².